The second-order valence-electron chi connectivity index (χ2n) is 6.89. The molecule has 3 rings (SSSR count). The monoisotopic (exact) mass is 331 g/mol. The second kappa shape index (κ2) is 7.20. The molecule has 2 heterocycles. The van der Waals surface area contributed by atoms with Gasteiger partial charge in [-0.1, -0.05) is 12.2 Å². The Bertz CT molecular complexity index is 650. The summed E-state index contributed by atoms with van der Waals surface area (Å²) in [5, 5.41) is 12.3. The van der Waals surface area contributed by atoms with Crippen molar-refractivity contribution in [2.24, 2.45) is 5.92 Å². The summed E-state index contributed by atoms with van der Waals surface area (Å²) < 4.78 is 2.06. The fraction of sp³-hybridized carbons (Fsp3) is 0.611. The number of allylic oxidation sites excluding steroid dienone is 2. The summed E-state index contributed by atoms with van der Waals surface area (Å²) in [6, 6.07) is -0.819. The number of carbonyl (C=O) groups is 2. The lowest BCUT2D eigenvalue weighted by atomic mass is 9.88. The summed E-state index contributed by atoms with van der Waals surface area (Å²) in [5.41, 5.74) is 1.05. The van der Waals surface area contributed by atoms with E-state index in [1.807, 2.05) is 6.92 Å². The van der Waals surface area contributed by atoms with E-state index in [2.05, 4.69) is 27.0 Å². The molecule has 0 fully saturated rings. The van der Waals surface area contributed by atoms with Gasteiger partial charge >= 0.3 is 5.97 Å². The summed E-state index contributed by atoms with van der Waals surface area (Å²) >= 11 is 0. The molecule has 1 aromatic rings. The minimum absolute atomic E-state index is 0.208. The molecular weight excluding hydrogens is 306 g/mol. The maximum atomic E-state index is 12.7. The van der Waals surface area contributed by atoms with Crippen LogP contribution in [0.5, 0.6) is 0 Å². The van der Waals surface area contributed by atoms with Crippen molar-refractivity contribution in [3.8, 4) is 0 Å². The molecule has 6 nitrogen and oxygen atoms in total. The largest absolute Gasteiger partial charge is 0.480 e. The molecule has 3 unspecified atom stereocenters. The maximum Gasteiger partial charge on any atom is 0.326 e. The van der Waals surface area contributed by atoms with Crippen LogP contribution in [0.3, 0.4) is 0 Å². The summed E-state index contributed by atoms with van der Waals surface area (Å²) in [7, 11) is 0. The number of aryl methyl sites for hydroxylation is 1. The zero-order valence-corrected chi connectivity index (χ0v) is 14.1. The number of hydrogen-bond donors (Lipinski definition) is 2. The number of carbonyl (C=O) groups excluding carboxylic acids is 1. The highest BCUT2D eigenvalue weighted by Crippen LogP contribution is 2.28. The van der Waals surface area contributed by atoms with Gasteiger partial charge in [0.2, 0.25) is 5.91 Å². The number of aromatic nitrogens is 2. The standard InChI is InChI=1S/C18H25N3O3/c1-12-11-19-16-14(8-5-9-21(12)16)17(22)20-15(18(23)24)10-13-6-3-2-4-7-13/h2-3,11,13-15H,4-10H2,1H3,(H,20,22)(H,23,24). The first-order chi connectivity index (χ1) is 11.6. The van der Waals surface area contributed by atoms with Crippen molar-refractivity contribution in [3.05, 3.63) is 29.9 Å². The third-order valence-corrected chi connectivity index (χ3v) is 5.15. The van der Waals surface area contributed by atoms with Crippen molar-refractivity contribution in [2.45, 2.75) is 64.0 Å². The number of hydrogen-bond acceptors (Lipinski definition) is 3. The van der Waals surface area contributed by atoms with Crippen molar-refractivity contribution in [3.63, 3.8) is 0 Å². The van der Waals surface area contributed by atoms with Crippen LogP contribution in [-0.2, 0) is 16.1 Å². The van der Waals surface area contributed by atoms with Crippen LogP contribution in [0.1, 0.15) is 56.0 Å². The van der Waals surface area contributed by atoms with Crippen LogP contribution in [0.4, 0.5) is 0 Å². The summed E-state index contributed by atoms with van der Waals surface area (Å²) in [6.45, 7) is 2.86. The van der Waals surface area contributed by atoms with Crippen LogP contribution in [0.25, 0.3) is 0 Å². The Morgan fingerprint density at radius 3 is 2.96 bits per heavy atom. The van der Waals surface area contributed by atoms with Gasteiger partial charge in [0.25, 0.3) is 0 Å². The van der Waals surface area contributed by atoms with Gasteiger partial charge in [0.05, 0.1) is 5.92 Å². The highest BCUT2D eigenvalue weighted by Gasteiger charge is 2.32. The summed E-state index contributed by atoms with van der Waals surface area (Å²) in [5.74, 6) is -0.415. The van der Waals surface area contributed by atoms with Crippen molar-refractivity contribution in [1.82, 2.24) is 14.9 Å². The molecule has 0 aromatic carbocycles. The number of amides is 1. The van der Waals surface area contributed by atoms with E-state index in [4.69, 9.17) is 0 Å². The molecule has 1 aliphatic carbocycles. The highest BCUT2D eigenvalue weighted by atomic mass is 16.4. The van der Waals surface area contributed by atoms with Crippen LogP contribution in [0, 0.1) is 12.8 Å². The normalized spacial score (nSPS) is 24.2. The average molecular weight is 331 g/mol. The molecule has 24 heavy (non-hydrogen) atoms. The smallest absolute Gasteiger partial charge is 0.326 e. The molecule has 0 saturated heterocycles. The molecule has 2 N–H and O–H groups in total. The van der Waals surface area contributed by atoms with Crippen molar-refractivity contribution >= 4 is 11.9 Å². The van der Waals surface area contributed by atoms with E-state index in [-0.39, 0.29) is 11.8 Å². The third-order valence-electron chi connectivity index (χ3n) is 5.15. The van der Waals surface area contributed by atoms with Gasteiger partial charge in [-0.3, -0.25) is 4.79 Å². The van der Waals surface area contributed by atoms with E-state index in [1.165, 1.54) is 0 Å². The molecule has 6 heteroatoms. The van der Waals surface area contributed by atoms with Crippen LogP contribution in [0.2, 0.25) is 0 Å². The number of nitrogens with zero attached hydrogens (tertiary/aromatic N) is 2. The van der Waals surface area contributed by atoms with E-state index in [9.17, 15) is 14.7 Å². The Morgan fingerprint density at radius 1 is 1.42 bits per heavy atom. The Kier molecular flexibility index (Phi) is 5.02. The minimum atomic E-state index is -0.951. The molecule has 1 aliphatic heterocycles. The molecule has 130 valence electrons. The first-order valence-electron chi connectivity index (χ1n) is 8.76. The number of aliphatic carboxylic acids is 1. The lowest BCUT2D eigenvalue weighted by molar-refractivity contribution is -0.142. The quantitative estimate of drug-likeness (QED) is 0.811. The first kappa shape index (κ1) is 16.7. The molecule has 0 bridgehead atoms. The van der Waals surface area contributed by atoms with Crippen molar-refractivity contribution in [2.75, 3.05) is 0 Å². The fourth-order valence-corrected chi connectivity index (χ4v) is 3.78. The Labute approximate surface area is 142 Å². The van der Waals surface area contributed by atoms with Crippen molar-refractivity contribution < 1.29 is 14.7 Å². The van der Waals surface area contributed by atoms with Crippen molar-refractivity contribution in [1.29, 1.82) is 0 Å². The van der Waals surface area contributed by atoms with Gasteiger partial charge < -0.3 is 15.0 Å². The van der Waals surface area contributed by atoms with Gasteiger partial charge in [-0.25, -0.2) is 9.78 Å². The first-order valence-corrected chi connectivity index (χ1v) is 8.76. The lowest BCUT2D eigenvalue weighted by Gasteiger charge is -2.27. The van der Waals surface area contributed by atoms with Gasteiger partial charge in [-0.05, 0) is 51.4 Å². The SMILES string of the molecule is Cc1cnc2n1CCCC2C(=O)NC(CC1CC=CCC1)C(=O)O. The Hall–Kier alpha value is -2.11. The Morgan fingerprint density at radius 2 is 2.25 bits per heavy atom. The van der Waals surface area contributed by atoms with Crippen LogP contribution in [0.15, 0.2) is 18.3 Å². The Balaban J connectivity index is 1.67. The molecule has 1 aromatic heterocycles. The van der Waals surface area contributed by atoms with E-state index in [0.717, 1.165) is 50.2 Å². The van der Waals surface area contributed by atoms with Gasteiger partial charge in [-0.15, -0.1) is 0 Å². The van der Waals surface area contributed by atoms with Gasteiger partial charge in [-0.2, -0.15) is 0 Å². The second-order valence-corrected chi connectivity index (χ2v) is 6.89. The van der Waals surface area contributed by atoms with E-state index in [0.29, 0.717) is 12.3 Å². The molecular formula is C18H25N3O3. The van der Waals surface area contributed by atoms with Crippen LogP contribution >= 0.6 is 0 Å². The zero-order valence-electron chi connectivity index (χ0n) is 14.1. The molecule has 0 saturated carbocycles. The van der Waals surface area contributed by atoms with Crippen LogP contribution < -0.4 is 5.32 Å². The number of imidazole rings is 1. The molecule has 3 atom stereocenters. The molecule has 0 spiro atoms. The topological polar surface area (TPSA) is 84.2 Å². The van der Waals surface area contributed by atoms with E-state index >= 15 is 0 Å². The maximum absolute atomic E-state index is 12.7. The summed E-state index contributed by atoms with van der Waals surface area (Å²) in [4.78, 5) is 28.6. The number of carboxylic acids is 1. The summed E-state index contributed by atoms with van der Waals surface area (Å²) in [6.07, 6.45) is 11.0. The van der Waals surface area contributed by atoms with Gasteiger partial charge in [0, 0.05) is 18.4 Å². The number of rotatable bonds is 5. The number of carboxylic acid groups (broad SMARTS) is 1. The van der Waals surface area contributed by atoms with Gasteiger partial charge in [0.1, 0.15) is 11.9 Å². The number of nitrogens with one attached hydrogen (secondary N) is 1. The zero-order chi connectivity index (χ0) is 17.1. The fourth-order valence-electron chi connectivity index (χ4n) is 3.78. The van der Waals surface area contributed by atoms with Crippen LogP contribution in [-0.4, -0.2) is 32.6 Å². The minimum Gasteiger partial charge on any atom is -0.480 e. The third kappa shape index (κ3) is 3.52. The average Bonchev–Trinajstić information content (AvgIpc) is 2.96. The van der Waals surface area contributed by atoms with E-state index in [1.54, 1.807) is 6.20 Å². The lowest BCUT2D eigenvalue weighted by Crippen LogP contribution is -2.45. The predicted octanol–water partition coefficient (Wildman–Crippen LogP) is 2.38. The highest BCUT2D eigenvalue weighted by molar-refractivity contribution is 5.87. The van der Waals surface area contributed by atoms with Gasteiger partial charge in [0.15, 0.2) is 0 Å². The number of fused-ring (bicyclic) bond motifs is 1. The molecule has 2 aliphatic rings. The van der Waals surface area contributed by atoms with E-state index < -0.39 is 12.0 Å². The molecule has 0 radical (unpaired) electrons. The predicted molar refractivity (Wildman–Crippen MR) is 89.6 cm³/mol. The molecule has 1 amide bonds.